The second-order valence-corrected chi connectivity index (χ2v) is 6.30. The van der Waals surface area contributed by atoms with Crippen molar-refractivity contribution < 1.29 is 9.59 Å². The van der Waals surface area contributed by atoms with Crippen LogP contribution in [0.25, 0.3) is 0 Å². The number of hydrazone groups is 1. The zero-order chi connectivity index (χ0) is 18.2. The average molecular weight is 399 g/mol. The monoisotopic (exact) mass is 397 g/mol. The zero-order valence-electron chi connectivity index (χ0n) is 12.9. The van der Waals surface area contributed by atoms with Gasteiger partial charge in [0.25, 0.3) is 0 Å². The Morgan fingerprint density at radius 1 is 0.960 bits per heavy atom. The molecule has 0 radical (unpaired) electrons. The second kappa shape index (κ2) is 9.42. The quantitative estimate of drug-likeness (QED) is 0.555. The fourth-order valence-corrected chi connectivity index (χ4v) is 2.51. The fraction of sp³-hybridized carbons (Fsp3) is 0.118. The predicted octanol–water partition coefficient (Wildman–Crippen LogP) is 4.52. The van der Waals surface area contributed by atoms with E-state index in [1.54, 1.807) is 36.4 Å². The van der Waals surface area contributed by atoms with Crippen LogP contribution in [0.2, 0.25) is 15.1 Å². The van der Waals surface area contributed by atoms with E-state index < -0.39 is 0 Å². The van der Waals surface area contributed by atoms with Crippen LogP contribution in [0.4, 0.5) is 5.69 Å². The summed E-state index contributed by atoms with van der Waals surface area (Å²) in [6.45, 7) is 0. The van der Waals surface area contributed by atoms with Gasteiger partial charge in [-0.05, 0) is 35.9 Å². The lowest BCUT2D eigenvalue weighted by Crippen LogP contribution is -2.20. The summed E-state index contributed by atoms with van der Waals surface area (Å²) >= 11 is 17.6. The van der Waals surface area contributed by atoms with Crippen LogP contribution >= 0.6 is 34.8 Å². The topological polar surface area (TPSA) is 70.6 Å². The molecule has 0 bridgehead atoms. The van der Waals surface area contributed by atoms with Gasteiger partial charge in [-0.2, -0.15) is 5.10 Å². The highest BCUT2D eigenvalue weighted by Gasteiger charge is 2.09. The van der Waals surface area contributed by atoms with Gasteiger partial charge in [-0.1, -0.05) is 46.9 Å². The molecule has 0 saturated carbocycles. The third-order valence-corrected chi connectivity index (χ3v) is 3.82. The van der Waals surface area contributed by atoms with E-state index >= 15 is 0 Å². The lowest BCUT2D eigenvalue weighted by atomic mass is 10.2. The molecule has 0 fully saturated rings. The summed E-state index contributed by atoms with van der Waals surface area (Å²) in [5, 5.41) is 7.81. The lowest BCUT2D eigenvalue weighted by molar-refractivity contribution is -0.124. The standard InChI is InChI=1S/C17H14Cl3N3O2/c18-12-3-1-2-11(8-12)10-21-23-17(25)7-6-16(24)22-15-5-4-13(19)9-14(15)20/h1-5,8-10H,6-7H2,(H,22,24)(H,23,25)/b21-10+. The molecule has 0 saturated heterocycles. The molecule has 0 aliphatic heterocycles. The van der Waals surface area contributed by atoms with Crippen molar-refractivity contribution in [2.45, 2.75) is 12.8 Å². The van der Waals surface area contributed by atoms with E-state index in [0.29, 0.717) is 20.8 Å². The number of nitrogens with one attached hydrogen (secondary N) is 2. The minimum atomic E-state index is -0.379. The molecule has 0 aromatic heterocycles. The van der Waals surface area contributed by atoms with Crippen molar-refractivity contribution in [3.8, 4) is 0 Å². The highest BCUT2D eigenvalue weighted by Crippen LogP contribution is 2.25. The fourth-order valence-electron chi connectivity index (χ4n) is 1.85. The summed E-state index contributed by atoms with van der Waals surface area (Å²) in [7, 11) is 0. The first-order chi connectivity index (χ1) is 11.9. The first kappa shape index (κ1) is 19.2. The number of halogens is 3. The molecule has 2 aromatic rings. The number of benzene rings is 2. The Morgan fingerprint density at radius 2 is 1.68 bits per heavy atom. The predicted molar refractivity (Wildman–Crippen MR) is 102 cm³/mol. The molecule has 130 valence electrons. The molecular weight excluding hydrogens is 385 g/mol. The molecule has 0 aliphatic rings. The van der Waals surface area contributed by atoms with Gasteiger partial charge in [0.05, 0.1) is 16.9 Å². The first-order valence-electron chi connectivity index (χ1n) is 7.26. The largest absolute Gasteiger partial charge is 0.325 e. The zero-order valence-corrected chi connectivity index (χ0v) is 15.2. The van der Waals surface area contributed by atoms with Crippen molar-refractivity contribution in [3.05, 3.63) is 63.1 Å². The highest BCUT2D eigenvalue weighted by molar-refractivity contribution is 6.36. The van der Waals surface area contributed by atoms with E-state index in [9.17, 15) is 9.59 Å². The Balaban J connectivity index is 1.76. The molecule has 5 nitrogen and oxygen atoms in total. The summed E-state index contributed by atoms with van der Waals surface area (Å²) in [6, 6.07) is 11.8. The van der Waals surface area contributed by atoms with Crippen molar-refractivity contribution in [2.75, 3.05) is 5.32 Å². The molecule has 8 heteroatoms. The Hall–Kier alpha value is -2.08. The van der Waals surface area contributed by atoms with Crippen LogP contribution in [-0.2, 0) is 9.59 Å². The molecule has 2 N–H and O–H groups in total. The van der Waals surface area contributed by atoms with Crippen LogP contribution < -0.4 is 10.7 Å². The Morgan fingerprint density at radius 3 is 2.40 bits per heavy atom. The van der Waals surface area contributed by atoms with Gasteiger partial charge >= 0.3 is 0 Å². The van der Waals surface area contributed by atoms with E-state index in [1.807, 2.05) is 0 Å². The molecule has 0 heterocycles. The van der Waals surface area contributed by atoms with Crippen molar-refractivity contribution in [3.63, 3.8) is 0 Å². The molecule has 0 spiro atoms. The van der Waals surface area contributed by atoms with E-state index in [2.05, 4.69) is 15.8 Å². The van der Waals surface area contributed by atoms with Gasteiger partial charge in [0.2, 0.25) is 11.8 Å². The molecule has 2 amide bonds. The maximum Gasteiger partial charge on any atom is 0.240 e. The number of hydrogen-bond acceptors (Lipinski definition) is 3. The number of carbonyl (C=O) groups excluding carboxylic acids is 2. The van der Waals surface area contributed by atoms with Gasteiger partial charge in [0.15, 0.2) is 0 Å². The van der Waals surface area contributed by atoms with E-state index in [0.717, 1.165) is 5.56 Å². The molecule has 0 unspecified atom stereocenters. The van der Waals surface area contributed by atoms with Crippen LogP contribution in [0, 0.1) is 0 Å². The van der Waals surface area contributed by atoms with Gasteiger partial charge in [0.1, 0.15) is 0 Å². The molecular formula is C17H14Cl3N3O2. The van der Waals surface area contributed by atoms with Crippen LogP contribution in [0.5, 0.6) is 0 Å². The van der Waals surface area contributed by atoms with Gasteiger partial charge < -0.3 is 5.32 Å². The summed E-state index contributed by atoms with van der Waals surface area (Å²) < 4.78 is 0. The van der Waals surface area contributed by atoms with Crippen LogP contribution in [-0.4, -0.2) is 18.0 Å². The van der Waals surface area contributed by atoms with Crippen molar-refractivity contribution in [2.24, 2.45) is 5.10 Å². The third-order valence-electron chi connectivity index (χ3n) is 3.04. The number of amides is 2. The normalized spacial score (nSPS) is 10.7. The van der Waals surface area contributed by atoms with Crippen molar-refractivity contribution >= 4 is 58.5 Å². The van der Waals surface area contributed by atoms with E-state index in [4.69, 9.17) is 34.8 Å². The third kappa shape index (κ3) is 6.74. The minimum absolute atomic E-state index is 0.00251. The number of rotatable bonds is 6. The number of hydrogen-bond donors (Lipinski definition) is 2. The Labute approximate surface area is 160 Å². The molecule has 2 rings (SSSR count). The molecule has 2 aromatic carbocycles. The van der Waals surface area contributed by atoms with E-state index in [-0.39, 0.29) is 24.7 Å². The second-order valence-electron chi connectivity index (χ2n) is 5.02. The van der Waals surface area contributed by atoms with Crippen LogP contribution in [0.1, 0.15) is 18.4 Å². The van der Waals surface area contributed by atoms with Crippen LogP contribution in [0.15, 0.2) is 47.6 Å². The molecule has 0 atom stereocenters. The maximum atomic E-state index is 11.9. The summed E-state index contributed by atoms with van der Waals surface area (Å²) in [5.74, 6) is -0.714. The Bertz CT molecular complexity index is 809. The molecule has 25 heavy (non-hydrogen) atoms. The van der Waals surface area contributed by atoms with E-state index in [1.165, 1.54) is 12.3 Å². The van der Waals surface area contributed by atoms with Gasteiger partial charge in [-0.15, -0.1) is 0 Å². The van der Waals surface area contributed by atoms with Gasteiger partial charge in [-0.3, -0.25) is 9.59 Å². The van der Waals surface area contributed by atoms with Gasteiger partial charge in [-0.25, -0.2) is 5.43 Å². The number of nitrogens with zero attached hydrogens (tertiary/aromatic N) is 1. The summed E-state index contributed by atoms with van der Waals surface area (Å²) in [5.41, 5.74) is 3.55. The van der Waals surface area contributed by atoms with Crippen molar-refractivity contribution in [1.29, 1.82) is 0 Å². The Kier molecular flexibility index (Phi) is 7.25. The number of anilines is 1. The minimum Gasteiger partial charge on any atom is -0.325 e. The highest BCUT2D eigenvalue weighted by atomic mass is 35.5. The first-order valence-corrected chi connectivity index (χ1v) is 8.40. The maximum absolute atomic E-state index is 11.9. The van der Waals surface area contributed by atoms with Crippen LogP contribution in [0.3, 0.4) is 0 Å². The average Bonchev–Trinajstić information content (AvgIpc) is 2.56. The van der Waals surface area contributed by atoms with Gasteiger partial charge in [0, 0.05) is 22.9 Å². The summed E-state index contributed by atoms with van der Waals surface area (Å²) in [4.78, 5) is 23.5. The SMILES string of the molecule is O=C(CCC(=O)Nc1ccc(Cl)cc1Cl)N/N=C/c1cccc(Cl)c1. The lowest BCUT2D eigenvalue weighted by Gasteiger charge is -2.07. The smallest absolute Gasteiger partial charge is 0.240 e. The summed E-state index contributed by atoms with van der Waals surface area (Å²) in [6.07, 6.45) is 1.46. The van der Waals surface area contributed by atoms with Crippen molar-refractivity contribution in [1.82, 2.24) is 5.43 Å². The number of carbonyl (C=O) groups is 2. The molecule has 0 aliphatic carbocycles.